The zero-order chi connectivity index (χ0) is 23.3. The number of carbonyl (C=O) groups excluding carboxylic acids is 2. The maximum Gasteiger partial charge on any atom is 0.433 e. The molecule has 0 saturated heterocycles. The lowest BCUT2D eigenvalue weighted by atomic mass is 9.88. The molecule has 2 amide bonds. The summed E-state index contributed by atoms with van der Waals surface area (Å²) in [5.74, 6) is -0.598. The van der Waals surface area contributed by atoms with Crippen LogP contribution < -0.4 is 10.2 Å². The first-order valence-electron chi connectivity index (χ1n) is 9.38. The molecule has 3 aromatic rings. The van der Waals surface area contributed by atoms with Crippen molar-refractivity contribution in [2.45, 2.75) is 25.4 Å². The molecule has 3 aromatic heterocycles. The maximum absolute atomic E-state index is 13.0. The number of halogens is 4. The van der Waals surface area contributed by atoms with Crippen molar-refractivity contribution in [2.75, 3.05) is 23.4 Å². The average molecular weight is 469 g/mol. The van der Waals surface area contributed by atoms with Crippen LogP contribution in [0.4, 0.5) is 29.3 Å². The minimum atomic E-state index is -4.67. The van der Waals surface area contributed by atoms with Crippen molar-refractivity contribution in [3.63, 3.8) is 0 Å². The van der Waals surface area contributed by atoms with E-state index in [-0.39, 0.29) is 29.7 Å². The first kappa shape index (κ1) is 21.8. The number of urea groups is 1. The number of amides is 2. The van der Waals surface area contributed by atoms with Gasteiger partial charge in [0.2, 0.25) is 0 Å². The van der Waals surface area contributed by atoms with Crippen molar-refractivity contribution in [1.82, 2.24) is 19.6 Å². The molecule has 13 heteroatoms. The lowest BCUT2D eigenvalue weighted by molar-refractivity contribution is -0.149. The second-order valence-corrected chi connectivity index (χ2v) is 7.61. The molecule has 1 aliphatic heterocycles. The zero-order valence-electron chi connectivity index (χ0n) is 16.8. The third-order valence-electron chi connectivity index (χ3n) is 4.99. The summed E-state index contributed by atoms with van der Waals surface area (Å²) in [7, 11) is 0. The van der Waals surface area contributed by atoms with Crippen molar-refractivity contribution < 1.29 is 27.5 Å². The summed E-state index contributed by atoms with van der Waals surface area (Å²) >= 11 is 6.00. The summed E-state index contributed by atoms with van der Waals surface area (Å²) in [6.07, 6.45) is -2.35. The van der Waals surface area contributed by atoms with E-state index in [1.165, 1.54) is 27.7 Å². The van der Waals surface area contributed by atoms with Crippen LogP contribution in [0.1, 0.15) is 25.2 Å². The number of ether oxygens (including phenoxy) is 1. The van der Waals surface area contributed by atoms with E-state index < -0.39 is 29.3 Å². The van der Waals surface area contributed by atoms with Crippen molar-refractivity contribution in [1.29, 1.82) is 0 Å². The molecule has 1 unspecified atom stereocenters. The lowest BCUT2D eigenvalue weighted by Crippen LogP contribution is -2.43. The minimum Gasteiger partial charge on any atom is -0.465 e. The second-order valence-electron chi connectivity index (χ2n) is 7.23. The number of fused-ring (bicyclic) bond motifs is 3. The van der Waals surface area contributed by atoms with Crippen LogP contribution in [0.25, 0.3) is 5.65 Å². The Balaban J connectivity index is 1.75. The van der Waals surface area contributed by atoms with Crippen LogP contribution in [-0.2, 0) is 21.1 Å². The second kappa shape index (κ2) is 7.62. The van der Waals surface area contributed by atoms with E-state index in [4.69, 9.17) is 16.3 Å². The monoisotopic (exact) mass is 468 g/mol. The predicted molar refractivity (Wildman–Crippen MR) is 108 cm³/mol. The Bertz CT molecular complexity index is 1230. The highest BCUT2D eigenvalue weighted by molar-refractivity contribution is 6.29. The van der Waals surface area contributed by atoms with Crippen LogP contribution in [0.2, 0.25) is 5.15 Å². The number of alkyl halides is 3. The molecule has 0 saturated carbocycles. The number of nitrogens with one attached hydrogen (secondary N) is 1. The van der Waals surface area contributed by atoms with Gasteiger partial charge < -0.3 is 10.1 Å². The van der Waals surface area contributed by atoms with Crippen LogP contribution in [0.3, 0.4) is 0 Å². The summed E-state index contributed by atoms with van der Waals surface area (Å²) < 4.78 is 45.4. The van der Waals surface area contributed by atoms with Crippen LogP contribution >= 0.6 is 11.6 Å². The van der Waals surface area contributed by atoms with Gasteiger partial charge in [0.15, 0.2) is 10.8 Å². The van der Waals surface area contributed by atoms with Crippen LogP contribution in [0.15, 0.2) is 30.6 Å². The van der Waals surface area contributed by atoms with Gasteiger partial charge in [-0.3, -0.25) is 14.7 Å². The average Bonchev–Trinajstić information content (AvgIpc) is 3.25. The summed E-state index contributed by atoms with van der Waals surface area (Å²) in [5, 5.41) is 6.71. The normalized spacial score (nSPS) is 18.0. The van der Waals surface area contributed by atoms with Gasteiger partial charge in [0, 0.05) is 24.5 Å². The van der Waals surface area contributed by atoms with Gasteiger partial charge in [0.1, 0.15) is 11.1 Å². The standard InChI is InChI=1S/C19H16ClF3N6O3/c1-3-32-16(30)18(2)9-28(11-8-25-14-7-13(20)27-29(14)15(11)18)17(31)26-10-4-5-24-12(6-10)19(21,22)23/h4-8H,3,9H2,1-2H3,(H,24,26,31). The SMILES string of the molecule is CCOC(=O)C1(C)CN(C(=O)Nc2ccnc(C(F)(F)F)c2)c2cnc3cc(Cl)nn3c21. The molecule has 168 valence electrons. The number of hydrogen-bond acceptors (Lipinski definition) is 6. The molecular weight excluding hydrogens is 453 g/mol. The quantitative estimate of drug-likeness (QED) is 0.588. The Labute approximate surface area is 184 Å². The Morgan fingerprint density at radius 1 is 1.31 bits per heavy atom. The van der Waals surface area contributed by atoms with Gasteiger partial charge >= 0.3 is 18.2 Å². The Kier molecular flexibility index (Phi) is 5.19. The fourth-order valence-electron chi connectivity index (χ4n) is 3.57. The highest BCUT2D eigenvalue weighted by Gasteiger charge is 2.50. The molecule has 0 aromatic carbocycles. The van der Waals surface area contributed by atoms with E-state index in [0.717, 1.165) is 6.20 Å². The Morgan fingerprint density at radius 2 is 2.06 bits per heavy atom. The summed E-state index contributed by atoms with van der Waals surface area (Å²) in [6, 6.07) is 2.67. The molecule has 1 N–H and O–H groups in total. The number of carbonyl (C=O) groups is 2. The number of pyridine rings is 1. The molecule has 0 fully saturated rings. The highest BCUT2D eigenvalue weighted by atomic mass is 35.5. The van der Waals surface area contributed by atoms with E-state index in [0.29, 0.717) is 17.4 Å². The van der Waals surface area contributed by atoms with Gasteiger partial charge in [-0.15, -0.1) is 0 Å². The van der Waals surface area contributed by atoms with E-state index in [1.54, 1.807) is 13.8 Å². The van der Waals surface area contributed by atoms with Gasteiger partial charge in [-0.1, -0.05) is 11.6 Å². The van der Waals surface area contributed by atoms with Gasteiger partial charge in [-0.2, -0.15) is 18.3 Å². The molecule has 0 radical (unpaired) electrons. The third-order valence-corrected chi connectivity index (χ3v) is 5.18. The first-order valence-corrected chi connectivity index (χ1v) is 9.76. The van der Waals surface area contributed by atoms with Crippen LogP contribution in [0, 0.1) is 0 Å². The molecule has 9 nitrogen and oxygen atoms in total. The predicted octanol–water partition coefficient (Wildman–Crippen LogP) is 3.67. The Morgan fingerprint density at radius 3 is 2.75 bits per heavy atom. The number of esters is 1. The summed E-state index contributed by atoms with van der Waals surface area (Å²) in [4.78, 5) is 34.6. The van der Waals surface area contributed by atoms with Crippen LogP contribution in [-0.4, -0.2) is 44.7 Å². The van der Waals surface area contributed by atoms with Crippen molar-refractivity contribution in [3.8, 4) is 0 Å². The molecule has 0 bridgehead atoms. The van der Waals surface area contributed by atoms with E-state index in [9.17, 15) is 22.8 Å². The first-order chi connectivity index (χ1) is 15.0. The summed E-state index contributed by atoms with van der Waals surface area (Å²) in [6.45, 7) is 3.19. The van der Waals surface area contributed by atoms with Gasteiger partial charge in [0.25, 0.3) is 0 Å². The number of rotatable bonds is 3. The van der Waals surface area contributed by atoms with E-state index in [2.05, 4.69) is 20.4 Å². The zero-order valence-corrected chi connectivity index (χ0v) is 17.5. The van der Waals surface area contributed by atoms with Crippen LogP contribution in [0.5, 0.6) is 0 Å². The number of hydrogen-bond donors (Lipinski definition) is 1. The number of nitrogens with zero attached hydrogens (tertiary/aromatic N) is 5. The molecule has 4 rings (SSSR count). The molecule has 1 atom stereocenters. The van der Waals surface area contributed by atoms with Crippen molar-refractivity contribution in [2.24, 2.45) is 0 Å². The van der Waals surface area contributed by atoms with Gasteiger partial charge in [-0.05, 0) is 26.0 Å². The number of anilines is 2. The topological polar surface area (TPSA) is 102 Å². The van der Waals surface area contributed by atoms with Crippen molar-refractivity contribution in [3.05, 3.63) is 47.1 Å². The molecular formula is C19H16ClF3N6O3. The number of aromatic nitrogens is 4. The smallest absolute Gasteiger partial charge is 0.433 e. The van der Waals surface area contributed by atoms with E-state index >= 15 is 0 Å². The molecule has 0 spiro atoms. The minimum absolute atomic E-state index is 0.111. The van der Waals surface area contributed by atoms with Gasteiger partial charge in [0.05, 0.1) is 24.2 Å². The fourth-order valence-corrected chi connectivity index (χ4v) is 3.75. The lowest BCUT2D eigenvalue weighted by Gasteiger charge is -2.23. The third kappa shape index (κ3) is 3.60. The van der Waals surface area contributed by atoms with Crippen molar-refractivity contribution >= 4 is 40.6 Å². The summed E-state index contributed by atoms with van der Waals surface area (Å²) in [5.41, 5.74) is -1.66. The van der Waals surface area contributed by atoms with E-state index in [1.807, 2.05) is 0 Å². The molecule has 0 aliphatic carbocycles. The molecule has 4 heterocycles. The fraction of sp³-hybridized carbons (Fsp3) is 0.316. The molecule has 1 aliphatic rings. The molecule has 32 heavy (non-hydrogen) atoms. The largest absolute Gasteiger partial charge is 0.465 e. The highest BCUT2D eigenvalue weighted by Crippen LogP contribution is 2.42. The Hall–Kier alpha value is -3.41. The van der Waals surface area contributed by atoms with Gasteiger partial charge in [-0.25, -0.2) is 14.3 Å². The maximum atomic E-state index is 13.0.